The maximum absolute atomic E-state index is 11.9. The van der Waals surface area contributed by atoms with Gasteiger partial charge in [0.1, 0.15) is 17.5 Å². The summed E-state index contributed by atoms with van der Waals surface area (Å²) < 4.78 is 13.1. The monoisotopic (exact) mass is 527 g/mol. The summed E-state index contributed by atoms with van der Waals surface area (Å²) in [7, 11) is 3.23. The molecule has 4 aromatic rings. The molecule has 2 atom stereocenters. The molecule has 194 valence electrons. The summed E-state index contributed by atoms with van der Waals surface area (Å²) in [5.41, 5.74) is 5.38. The fourth-order valence-corrected chi connectivity index (χ4v) is 5.29. The van der Waals surface area contributed by atoms with Crippen LogP contribution in [0.25, 0.3) is 5.69 Å². The molecule has 38 heavy (non-hydrogen) atoms. The van der Waals surface area contributed by atoms with Crippen molar-refractivity contribution in [2.75, 3.05) is 24.4 Å². The van der Waals surface area contributed by atoms with Gasteiger partial charge in [-0.2, -0.15) is 0 Å². The van der Waals surface area contributed by atoms with Crippen LogP contribution >= 0.6 is 12.2 Å². The largest absolute Gasteiger partial charge is 0.497 e. The highest BCUT2D eigenvalue weighted by atomic mass is 32.1. The smallest absolute Gasteiger partial charge is 0.221 e. The molecule has 8 nitrogen and oxygen atoms in total. The highest BCUT2D eigenvalue weighted by Gasteiger charge is 2.42. The van der Waals surface area contributed by atoms with Crippen LogP contribution in [0.4, 0.5) is 11.4 Å². The molecule has 2 aromatic carbocycles. The Balaban J connectivity index is 1.68. The van der Waals surface area contributed by atoms with Crippen molar-refractivity contribution in [3.05, 3.63) is 96.1 Å². The molecule has 0 radical (unpaired) electrons. The minimum atomic E-state index is -0.244. The molecule has 0 saturated carbocycles. The van der Waals surface area contributed by atoms with Gasteiger partial charge in [-0.05, 0) is 85.9 Å². The van der Waals surface area contributed by atoms with E-state index in [1.54, 1.807) is 20.4 Å². The normalized spacial score (nSPS) is 16.7. The lowest BCUT2D eigenvalue weighted by atomic mass is 10.0. The number of rotatable bonds is 7. The third-order valence-electron chi connectivity index (χ3n) is 6.61. The second-order valence-electron chi connectivity index (χ2n) is 9.00. The van der Waals surface area contributed by atoms with Crippen LogP contribution in [-0.4, -0.2) is 34.8 Å². The summed E-state index contributed by atoms with van der Waals surface area (Å²) in [6.45, 7) is 3.55. The van der Waals surface area contributed by atoms with Gasteiger partial charge in [0.05, 0.1) is 31.6 Å². The summed E-state index contributed by atoms with van der Waals surface area (Å²) in [6.07, 6.45) is 1.79. The minimum Gasteiger partial charge on any atom is -0.497 e. The van der Waals surface area contributed by atoms with E-state index in [-0.39, 0.29) is 18.0 Å². The maximum atomic E-state index is 11.9. The fourth-order valence-electron chi connectivity index (χ4n) is 4.94. The molecular formula is C29H29N5O3S. The van der Waals surface area contributed by atoms with Gasteiger partial charge in [0.25, 0.3) is 0 Å². The third kappa shape index (κ3) is 4.68. The van der Waals surface area contributed by atoms with E-state index in [0.29, 0.717) is 16.5 Å². The van der Waals surface area contributed by atoms with Gasteiger partial charge in [-0.25, -0.2) is 0 Å². The van der Waals surface area contributed by atoms with Crippen LogP contribution in [0, 0.1) is 6.92 Å². The van der Waals surface area contributed by atoms with Gasteiger partial charge >= 0.3 is 0 Å². The van der Waals surface area contributed by atoms with Crippen LogP contribution in [0.3, 0.4) is 0 Å². The standard InChI is InChI=1S/C29H29N5O3S/c1-18-8-14-25(33(18)20-9-12-22(36-3)13-10-20)28-27(23-7-5-6-16-30-23)32-29(38)34(28)21-11-15-26(37-4)24(17-21)31-19(2)35/h5-17,27-28H,1-4H3,(H,31,35)(H,32,38). The highest BCUT2D eigenvalue weighted by molar-refractivity contribution is 7.80. The summed E-state index contributed by atoms with van der Waals surface area (Å²) in [5.74, 6) is 1.17. The van der Waals surface area contributed by atoms with Crippen LogP contribution in [-0.2, 0) is 4.79 Å². The Morgan fingerprint density at radius 2 is 1.76 bits per heavy atom. The number of benzene rings is 2. The van der Waals surface area contributed by atoms with Gasteiger partial charge < -0.3 is 29.6 Å². The molecule has 9 heteroatoms. The van der Waals surface area contributed by atoms with Crippen molar-refractivity contribution in [2.45, 2.75) is 25.9 Å². The zero-order chi connectivity index (χ0) is 26.8. The number of aromatic nitrogens is 2. The zero-order valence-corrected chi connectivity index (χ0v) is 22.5. The first-order chi connectivity index (χ1) is 18.4. The number of nitrogens with one attached hydrogen (secondary N) is 2. The Labute approximate surface area is 227 Å². The summed E-state index contributed by atoms with van der Waals surface area (Å²) in [4.78, 5) is 18.7. The number of aryl methyl sites for hydroxylation is 1. The topological polar surface area (TPSA) is 80.7 Å². The molecule has 2 N–H and O–H groups in total. The van der Waals surface area contributed by atoms with Crippen molar-refractivity contribution in [3.8, 4) is 17.2 Å². The number of thiocarbonyl (C=S) groups is 1. The van der Waals surface area contributed by atoms with Crippen molar-refractivity contribution in [1.29, 1.82) is 0 Å². The fraction of sp³-hybridized carbons (Fsp3) is 0.207. The minimum absolute atomic E-state index is 0.186. The first kappa shape index (κ1) is 25.3. The predicted molar refractivity (Wildman–Crippen MR) is 152 cm³/mol. The Bertz CT molecular complexity index is 1470. The maximum Gasteiger partial charge on any atom is 0.221 e. The van der Waals surface area contributed by atoms with Crippen molar-refractivity contribution < 1.29 is 14.3 Å². The lowest BCUT2D eigenvalue weighted by Crippen LogP contribution is -2.30. The summed E-state index contributed by atoms with van der Waals surface area (Å²) >= 11 is 5.91. The predicted octanol–water partition coefficient (Wildman–Crippen LogP) is 5.33. The van der Waals surface area contributed by atoms with Crippen molar-refractivity contribution in [1.82, 2.24) is 14.9 Å². The second kappa shape index (κ2) is 10.5. The molecule has 3 heterocycles. The molecule has 1 aliphatic heterocycles. The van der Waals surface area contributed by atoms with E-state index in [9.17, 15) is 4.79 Å². The first-order valence-corrected chi connectivity index (χ1v) is 12.6. The quantitative estimate of drug-likeness (QED) is 0.314. The van der Waals surface area contributed by atoms with E-state index in [2.05, 4.69) is 44.1 Å². The van der Waals surface area contributed by atoms with Crippen LogP contribution in [0.5, 0.6) is 11.5 Å². The molecule has 1 amide bonds. The lowest BCUT2D eigenvalue weighted by molar-refractivity contribution is -0.114. The molecule has 0 bridgehead atoms. The number of carbonyl (C=O) groups excluding carboxylic acids is 1. The number of anilines is 2. The van der Waals surface area contributed by atoms with Gasteiger partial charge in [0.15, 0.2) is 5.11 Å². The van der Waals surface area contributed by atoms with E-state index < -0.39 is 0 Å². The van der Waals surface area contributed by atoms with Crippen LogP contribution in [0.2, 0.25) is 0 Å². The van der Waals surface area contributed by atoms with Gasteiger partial charge in [-0.1, -0.05) is 6.07 Å². The molecule has 1 saturated heterocycles. The number of amides is 1. The molecule has 2 unspecified atom stereocenters. The van der Waals surface area contributed by atoms with E-state index >= 15 is 0 Å². The van der Waals surface area contributed by atoms with Gasteiger partial charge in [0.2, 0.25) is 5.91 Å². The van der Waals surface area contributed by atoms with E-state index in [4.69, 9.17) is 21.7 Å². The number of carbonyl (C=O) groups is 1. The molecule has 0 spiro atoms. The Kier molecular flexibility index (Phi) is 7.02. The summed E-state index contributed by atoms with van der Waals surface area (Å²) in [6, 6.07) is 23.3. The van der Waals surface area contributed by atoms with Gasteiger partial charge in [-0.15, -0.1) is 0 Å². The molecule has 2 aromatic heterocycles. The number of ether oxygens (including phenoxy) is 2. The highest BCUT2D eigenvalue weighted by Crippen LogP contribution is 2.44. The number of hydrogen-bond acceptors (Lipinski definition) is 5. The lowest BCUT2D eigenvalue weighted by Gasteiger charge is -2.30. The first-order valence-electron chi connectivity index (χ1n) is 12.2. The Morgan fingerprint density at radius 1 is 1.00 bits per heavy atom. The average molecular weight is 528 g/mol. The Hall–Kier alpha value is -4.37. The van der Waals surface area contributed by atoms with Crippen molar-refractivity contribution in [2.24, 2.45) is 0 Å². The third-order valence-corrected chi connectivity index (χ3v) is 6.92. The van der Waals surface area contributed by atoms with Crippen LogP contribution < -0.4 is 25.0 Å². The number of hydrogen-bond donors (Lipinski definition) is 2. The van der Waals surface area contributed by atoms with E-state index in [0.717, 1.165) is 34.2 Å². The van der Waals surface area contributed by atoms with Crippen LogP contribution in [0.1, 0.15) is 36.1 Å². The summed E-state index contributed by atoms with van der Waals surface area (Å²) in [5, 5.41) is 6.93. The molecule has 0 aliphatic carbocycles. The molecular weight excluding hydrogens is 498 g/mol. The number of nitrogens with zero attached hydrogens (tertiary/aromatic N) is 3. The van der Waals surface area contributed by atoms with E-state index in [1.807, 2.05) is 60.7 Å². The van der Waals surface area contributed by atoms with Gasteiger partial charge in [0, 0.05) is 35.9 Å². The number of pyridine rings is 1. The zero-order valence-electron chi connectivity index (χ0n) is 21.6. The van der Waals surface area contributed by atoms with Crippen molar-refractivity contribution in [3.63, 3.8) is 0 Å². The van der Waals surface area contributed by atoms with Gasteiger partial charge in [-0.3, -0.25) is 9.78 Å². The SMILES string of the molecule is COc1ccc(-n2c(C)ccc2C2C(c3ccccn3)NC(=S)N2c2ccc(OC)c(NC(C)=O)c2)cc1. The average Bonchev–Trinajstić information content (AvgIpc) is 3.48. The molecule has 1 aliphatic rings. The number of methoxy groups -OCH3 is 2. The Morgan fingerprint density at radius 3 is 2.42 bits per heavy atom. The van der Waals surface area contributed by atoms with E-state index in [1.165, 1.54) is 6.92 Å². The van der Waals surface area contributed by atoms with Crippen LogP contribution in [0.15, 0.2) is 79.0 Å². The molecule has 1 fully saturated rings. The second-order valence-corrected chi connectivity index (χ2v) is 9.38. The molecule has 5 rings (SSSR count). The van der Waals surface area contributed by atoms with Crippen molar-refractivity contribution >= 4 is 34.6 Å².